The van der Waals surface area contributed by atoms with Gasteiger partial charge in [-0.25, -0.2) is 5.01 Å². The van der Waals surface area contributed by atoms with Crippen LogP contribution >= 0.6 is 0 Å². The van der Waals surface area contributed by atoms with E-state index in [1.165, 1.54) is 5.56 Å². The SMILES string of the molecule is c1ccc([C@H]2Oc3ccccc3[C@@H]3CC(c4ccc5c(c4)OCCO5)=NN23)cc1. The Bertz CT molecular complexity index is 1100. The maximum Gasteiger partial charge on any atom is 0.213 e. The number of ether oxygens (including phenoxy) is 3. The molecule has 0 saturated heterocycles. The highest BCUT2D eigenvalue weighted by atomic mass is 16.6. The van der Waals surface area contributed by atoms with Crippen LogP contribution in [-0.4, -0.2) is 23.9 Å². The van der Waals surface area contributed by atoms with E-state index in [-0.39, 0.29) is 12.3 Å². The number of nitrogens with zero attached hydrogens (tertiary/aromatic N) is 2. The quantitative estimate of drug-likeness (QED) is 0.642. The van der Waals surface area contributed by atoms with Crippen LogP contribution in [0.25, 0.3) is 0 Å². The molecule has 5 nitrogen and oxygen atoms in total. The fourth-order valence-corrected chi connectivity index (χ4v) is 4.27. The second-order valence-corrected chi connectivity index (χ2v) is 7.42. The first kappa shape index (κ1) is 16.5. The Kier molecular flexibility index (Phi) is 3.72. The van der Waals surface area contributed by atoms with Gasteiger partial charge in [0.15, 0.2) is 11.5 Å². The molecule has 3 aliphatic rings. The van der Waals surface area contributed by atoms with Gasteiger partial charge in [-0.05, 0) is 24.3 Å². The first-order valence-electron chi connectivity index (χ1n) is 9.93. The van der Waals surface area contributed by atoms with Crippen LogP contribution in [0.5, 0.6) is 17.2 Å². The van der Waals surface area contributed by atoms with E-state index in [2.05, 4.69) is 35.3 Å². The van der Waals surface area contributed by atoms with Crippen LogP contribution in [0.1, 0.15) is 35.4 Å². The summed E-state index contributed by atoms with van der Waals surface area (Å²) in [6, 6.07) is 24.8. The standard InChI is InChI=1S/C24H20N2O3/c1-2-6-16(7-3-1)24-26-20(18-8-4-5-9-21(18)29-24)15-19(25-26)17-10-11-22-23(14-17)28-13-12-27-22/h1-11,14,20,24H,12-13,15H2/t20-,24+/m0/s1. The highest BCUT2D eigenvalue weighted by Gasteiger charge is 2.40. The highest BCUT2D eigenvalue weighted by Crippen LogP contribution is 2.47. The van der Waals surface area contributed by atoms with Gasteiger partial charge >= 0.3 is 0 Å². The number of rotatable bonds is 2. The topological polar surface area (TPSA) is 43.3 Å². The lowest BCUT2D eigenvalue weighted by atomic mass is 9.96. The zero-order chi connectivity index (χ0) is 19.2. The lowest BCUT2D eigenvalue weighted by molar-refractivity contribution is -0.0190. The summed E-state index contributed by atoms with van der Waals surface area (Å²) in [6.45, 7) is 1.17. The molecule has 0 N–H and O–H groups in total. The van der Waals surface area contributed by atoms with Gasteiger partial charge < -0.3 is 14.2 Å². The zero-order valence-electron chi connectivity index (χ0n) is 15.8. The Morgan fingerprint density at radius 3 is 2.48 bits per heavy atom. The molecule has 0 fully saturated rings. The van der Waals surface area contributed by atoms with Crippen molar-refractivity contribution in [2.24, 2.45) is 5.10 Å². The fourth-order valence-electron chi connectivity index (χ4n) is 4.27. The highest BCUT2D eigenvalue weighted by molar-refractivity contribution is 6.02. The number of benzene rings is 3. The summed E-state index contributed by atoms with van der Waals surface area (Å²) in [4.78, 5) is 0. The van der Waals surface area contributed by atoms with E-state index in [1.807, 2.05) is 42.5 Å². The van der Waals surface area contributed by atoms with Crippen molar-refractivity contribution in [3.05, 3.63) is 89.5 Å². The molecule has 3 aromatic carbocycles. The molecule has 144 valence electrons. The maximum absolute atomic E-state index is 6.38. The molecule has 0 aromatic heterocycles. The summed E-state index contributed by atoms with van der Waals surface area (Å²) in [5.74, 6) is 2.52. The normalized spacial score (nSPS) is 21.7. The van der Waals surface area contributed by atoms with E-state index in [9.17, 15) is 0 Å². The molecule has 2 atom stereocenters. The average Bonchev–Trinajstić information content (AvgIpc) is 3.25. The minimum Gasteiger partial charge on any atom is -0.486 e. The van der Waals surface area contributed by atoms with E-state index >= 15 is 0 Å². The average molecular weight is 384 g/mol. The van der Waals surface area contributed by atoms with Crippen LogP contribution in [0.4, 0.5) is 0 Å². The van der Waals surface area contributed by atoms with E-state index in [0.717, 1.165) is 40.5 Å². The second kappa shape index (κ2) is 6.55. The number of hydrazone groups is 1. The van der Waals surface area contributed by atoms with Crippen molar-refractivity contribution >= 4 is 5.71 Å². The lowest BCUT2D eigenvalue weighted by Gasteiger charge is -2.38. The van der Waals surface area contributed by atoms with Gasteiger partial charge in [0.2, 0.25) is 6.23 Å². The molecule has 6 rings (SSSR count). The molecular formula is C24H20N2O3. The van der Waals surface area contributed by atoms with Gasteiger partial charge in [0.05, 0.1) is 11.8 Å². The smallest absolute Gasteiger partial charge is 0.213 e. The van der Waals surface area contributed by atoms with Crippen LogP contribution in [0, 0.1) is 0 Å². The van der Waals surface area contributed by atoms with E-state index in [4.69, 9.17) is 19.3 Å². The van der Waals surface area contributed by atoms with Crippen LogP contribution in [-0.2, 0) is 0 Å². The van der Waals surface area contributed by atoms with Crippen LogP contribution in [0.2, 0.25) is 0 Å². The second-order valence-electron chi connectivity index (χ2n) is 7.42. The Hall–Kier alpha value is -3.47. The van der Waals surface area contributed by atoms with Gasteiger partial charge in [0.1, 0.15) is 19.0 Å². The van der Waals surface area contributed by atoms with Crippen LogP contribution < -0.4 is 14.2 Å². The summed E-state index contributed by atoms with van der Waals surface area (Å²) in [5.41, 5.74) is 4.37. The third-order valence-corrected chi connectivity index (χ3v) is 5.66. The summed E-state index contributed by atoms with van der Waals surface area (Å²) < 4.78 is 17.8. The molecule has 0 unspecified atom stereocenters. The molecule has 0 bridgehead atoms. The van der Waals surface area contributed by atoms with Gasteiger partial charge in [-0.1, -0.05) is 48.5 Å². The van der Waals surface area contributed by atoms with E-state index in [0.29, 0.717) is 13.2 Å². The summed E-state index contributed by atoms with van der Waals surface area (Å²) in [5, 5.41) is 7.12. The summed E-state index contributed by atoms with van der Waals surface area (Å²) in [7, 11) is 0. The third kappa shape index (κ3) is 2.73. The minimum absolute atomic E-state index is 0.147. The van der Waals surface area contributed by atoms with Crippen molar-refractivity contribution in [2.45, 2.75) is 18.7 Å². The van der Waals surface area contributed by atoms with E-state index < -0.39 is 0 Å². The van der Waals surface area contributed by atoms with Crippen molar-refractivity contribution in [1.82, 2.24) is 5.01 Å². The first-order valence-corrected chi connectivity index (χ1v) is 9.93. The lowest BCUT2D eigenvalue weighted by Crippen LogP contribution is -2.33. The van der Waals surface area contributed by atoms with Gasteiger partial charge in [0.25, 0.3) is 0 Å². The molecule has 5 heteroatoms. The first-order chi connectivity index (χ1) is 14.4. The number of para-hydroxylation sites is 1. The number of hydrogen-bond donors (Lipinski definition) is 0. The van der Waals surface area contributed by atoms with Gasteiger partial charge in [-0.2, -0.15) is 5.10 Å². The van der Waals surface area contributed by atoms with E-state index in [1.54, 1.807) is 0 Å². The van der Waals surface area contributed by atoms with Crippen LogP contribution in [0.15, 0.2) is 77.9 Å². The molecule has 0 aliphatic carbocycles. The summed E-state index contributed by atoms with van der Waals surface area (Å²) >= 11 is 0. The fraction of sp³-hybridized carbons (Fsp3) is 0.208. The van der Waals surface area contributed by atoms with Gasteiger partial charge in [-0.3, -0.25) is 0 Å². The number of fused-ring (bicyclic) bond motifs is 4. The molecule has 3 aromatic rings. The van der Waals surface area contributed by atoms with Gasteiger partial charge in [0, 0.05) is 23.1 Å². The molecule has 0 spiro atoms. The molecule has 0 amide bonds. The van der Waals surface area contributed by atoms with Crippen molar-refractivity contribution in [3.8, 4) is 17.2 Å². The third-order valence-electron chi connectivity index (χ3n) is 5.66. The molecule has 0 radical (unpaired) electrons. The van der Waals surface area contributed by atoms with Crippen molar-refractivity contribution < 1.29 is 14.2 Å². The van der Waals surface area contributed by atoms with Gasteiger partial charge in [-0.15, -0.1) is 0 Å². The Morgan fingerprint density at radius 1 is 0.793 bits per heavy atom. The largest absolute Gasteiger partial charge is 0.486 e. The van der Waals surface area contributed by atoms with Crippen molar-refractivity contribution in [1.29, 1.82) is 0 Å². The Balaban J connectivity index is 1.42. The predicted molar refractivity (Wildman–Crippen MR) is 109 cm³/mol. The zero-order valence-corrected chi connectivity index (χ0v) is 15.8. The number of hydrogen-bond acceptors (Lipinski definition) is 5. The van der Waals surface area contributed by atoms with Crippen molar-refractivity contribution in [3.63, 3.8) is 0 Å². The molecule has 3 aliphatic heterocycles. The Labute approximate surface area is 169 Å². The molecule has 3 heterocycles. The van der Waals surface area contributed by atoms with Crippen LogP contribution in [0.3, 0.4) is 0 Å². The summed E-state index contributed by atoms with van der Waals surface area (Å²) in [6.07, 6.45) is 0.578. The minimum atomic E-state index is -0.245. The molecular weight excluding hydrogens is 364 g/mol. The predicted octanol–water partition coefficient (Wildman–Crippen LogP) is 4.70. The maximum atomic E-state index is 6.38. The molecule has 29 heavy (non-hydrogen) atoms. The molecule has 0 saturated carbocycles. The Morgan fingerprint density at radius 2 is 1.59 bits per heavy atom. The van der Waals surface area contributed by atoms with Crippen molar-refractivity contribution in [2.75, 3.05) is 13.2 Å². The monoisotopic (exact) mass is 384 g/mol.